The molecule has 0 aliphatic rings. The van der Waals surface area contributed by atoms with Crippen LogP contribution in [0.3, 0.4) is 0 Å². The standard InChI is InChI=1S/C15H13N3O3/c1-2-21-12-8-7-11-13(14(12)16)15(18(19)20)9-5-3-4-6-10(9)17-11/h3-8H,2,16H2,1H3. The summed E-state index contributed by atoms with van der Waals surface area (Å²) in [4.78, 5) is 15.6. The van der Waals surface area contributed by atoms with Crippen LogP contribution < -0.4 is 10.5 Å². The normalized spacial score (nSPS) is 10.9. The molecule has 0 saturated carbocycles. The van der Waals surface area contributed by atoms with Gasteiger partial charge in [0.05, 0.1) is 33.6 Å². The number of nitrogens with two attached hydrogens (primary N) is 1. The molecule has 6 nitrogen and oxygen atoms in total. The summed E-state index contributed by atoms with van der Waals surface area (Å²) in [6.45, 7) is 2.27. The highest BCUT2D eigenvalue weighted by molar-refractivity contribution is 6.10. The Morgan fingerprint density at radius 3 is 2.71 bits per heavy atom. The molecule has 0 saturated heterocycles. The van der Waals surface area contributed by atoms with Crippen LogP contribution in [-0.2, 0) is 0 Å². The molecule has 0 spiro atoms. The molecule has 6 heteroatoms. The average molecular weight is 283 g/mol. The Morgan fingerprint density at radius 1 is 1.24 bits per heavy atom. The highest BCUT2D eigenvalue weighted by atomic mass is 16.6. The van der Waals surface area contributed by atoms with Crippen molar-refractivity contribution in [2.24, 2.45) is 0 Å². The molecule has 1 aromatic heterocycles. The molecule has 1 heterocycles. The minimum atomic E-state index is -0.418. The monoisotopic (exact) mass is 283 g/mol. The zero-order chi connectivity index (χ0) is 15.0. The molecule has 106 valence electrons. The van der Waals surface area contributed by atoms with E-state index in [-0.39, 0.29) is 11.4 Å². The molecule has 0 atom stereocenters. The van der Waals surface area contributed by atoms with Crippen LogP contribution in [0.2, 0.25) is 0 Å². The summed E-state index contributed by atoms with van der Waals surface area (Å²) in [5.41, 5.74) is 7.34. The smallest absolute Gasteiger partial charge is 0.290 e. The number of nitrogens with zero attached hydrogens (tertiary/aromatic N) is 2. The van der Waals surface area contributed by atoms with Gasteiger partial charge in [-0.1, -0.05) is 12.1 Å². The number of para-hydroxylation sites is 1. The summed E-state index contributed by atoms with van der Waals surface area (Å²) in [5.74, 6) is 0.435. The number of hydrogen-bond donors (Lipinski definition) is 1. The fourth-order valence-corrected chi connectivity index (χ4v) is 2.44. The molecule has 2 aromatic carbocycles. The Labute approximate surface area is 120 Å². The van der Waals surface area contributed by atoms with Crippen LogP contribution in [0.5, 0.6) is 5.75 Å². The number of anilines is 1. The van der Waals surface area contributed by atoms with Gasteiger partial charge in [-0.3, -0.25) is 10.1 Å². The van der Waals surface area contributed by atoms with Gasteiger partial charge >= 0.3 is 0 Å². The van der Waals surface area contributed by atoms with E-state index >= 15 is 0 Å². The highest BCUT2D eigenvalue weighted by Gasteiger charge is 2.22. The molecule has 3 rings (SSSR count). The Kier molecular flexibility index (Phi) is 3.06. The van der Waals surface area contributed by atoms with Gasteiger partial charge in [0.2, 0.25) is 0 Å². The van der Waals surface area contributed by atoms with E-state index in [9.17, 15) is 10.1 Å². The van der Waals surface area contributed by atoms with Gasteiger partial charge in [0, 0.05) is 0 Å². The molecule has 3 aromatic rings. The van der Waals surface area contributed by atoms with Gasteiger partial charge < -0.3 is 10.5 Å². The summed E-state index contributed by atoms with van der Waals surface area (Å²) in [6.07, 6.45) is 0. The van der Waals surface area contributed by atoms with Gasteiger partial charge in [0.15, 0.2) is 0 Å². The van der Waals surface area contributed by atoms with E-state index in [0.717, 1.165) is 0 Å². The molecule has 2 N–H and O–H groups in total. The third-order valence-electron chi connectivity index (χ3n) is 3.30. The first-order valence-corrected chi connectivity index (χ1v) is 6.51. The second-order valence-corrected chi connectivity index (χ2v) is 4.54. The number of ether oxygens (including phenoxy) is 1. The van der Waals surface area contributed by atoms with Crippen molar-refractivity contribution >= 4 is 33.2 Å². The van der Waals surface area contributed by atoms with Crippen molar-refractivity contribution in [2.45, 2.75) is 6.92 Å². The molecule has 0 unspecified atom stereocenters. The van der Waals surface area contributed by atoms with Crippen LogP contribution in [0.25, 0.3) is 21.8 Å². The molecule has 0 aliphatic heterocycles. The van der Waals surface area contributed by atoms with Crippen LogP contribution in [0, 0.1) is 10.1 Å². The van der Waals surface area contributed by atoms with Gasteiger partial charge in [-0.25, -0.2) is 4.98 Å². The zero-order valence-electron chi connectivity index (χ0n) is 11.4. The van der Waals surface area contributed by atoms with Crippen molar-refractivity contribution in [3.05, 3.63) is 46.5 Å². The highest BCUT2D eigenvalue weighted by Crippen LogP contribution is 2.39. The van der Waals surface area contributed by atoms with Crippen molar-refractivity contribution in [2.75, 3.05) is 12.3 Å². The largest absolute Gasteiger partial charge is 0.492 e. The van der Waals surface area contributed by atoms with Gasteiger partial charge in [0.25, 0.3) is 5.69 Å². The number of fused-ring (bicyclic) bond motifs is 2. The number of nitro groups is 1. The second kappa shape index (κ2) is 4.90. The molecule has 0 bridgehead atoms. The van der Waals surface area contributed by atoms with E-state index in [1.54, 1.807) is 36.4 Å². The summed E-state index contributed by atoms with van der Waals surface area (Å²) in [6, 6.07) is 10.3. The Bertz CT molecular complexity index is 862. The van der Waals surface area contributed by atoms with Crippen molar-refractivity contribution in [3.8, 4) is 5.75 Å². The van der Waals surface area contributed by atoms with Gasteiger partial charge in [-0.05, 0) is 31.2 Å². The molecule has 0 fully saturated rings. The number of rotatable bonds is 3. The van der Waals surface area contributed by atoms with E-state index < -0.39 is 4.92 Å². The van der Waals surface area contributed by atoms with E-state index in [0.29, 0.717) is 34.2 Å². The number of benzene rings is 2. The number of hydrogen-bond acceptors (Lipinski definition) is 5. The summed E-state index contributed by atoms with van der Waals surface area (Å²) in [7, 11) is 0. The van der Waals surface area contributed by atoms with E-state index in [2.05, 4.69) is 4.98 Å². The lowest BCUT2D eigenvalue weighted by Crippen LogP contribution is -2.01. The average Bonchev–Trinajstić information content (AvgIpc) is 2.48. The quantitative estimate of drug-likeness (QED) is 0.344. The maximum Gasteiger partial charge on any atom is 0.290 e. The van der Waals surface area contributed by atoms with E-state index in [1.165, 1.54) is 0 Å². The molecule has 0 radical (unpaired) electrons. The molecule has 0 amide bonds. The zero-order valence-corrected chi connectivity index (χ0v) is 11.4. The Balaban J connectivity index is 2.50. The second-order valence-electron chi connectivity index (χ2n) is 4.54. The van der Waals surface area contributed by atoms with Crippen molar-refractivity contribution in [3.63, 3.8) is 0 Å². The topological polar surface area (TPSA) is 91.3 Å². The van der Waals surface area contributed by atoms with Crippen molar-refractivity contribution < 1.29 is 9.66 Å². The third kappa shape index (κ3) is 2.01. The fraction of sp³-hybridized carbons (Fsp3) is 0.133. The molecule has 0 aliphatic carbocycles. The van der Waals surface area contributed by atoms with Crippen LogP contribution in [0.1, 0.15) is 6.92 Å². The number of nitrogen functional groups attached to an aromatic ring is 1. The predicted octanol–water partition coefficient (Wildman–Crippen LogP) is 3.28. The SMILES string of the molecule is CCOc1ccc2nc3ccccc3c([N+](=O)[O-])c2c1N. The Hall–Kier alpha value is -2.89. The fourth-order valence-electron chi connectivity index (χ4n) is 2.44. The minimum Gasteiger partial charge on any atom is -0.492 e. The maximum absolute atomic E-state index is 11.5. The first-order chi connectivity index (χ1) is 10.1. The van der Waals surface area contributed by atoms with E-state index in [4.69, 9.17) is 10.5 Å². The lowest BCUT2D eigenvalue weighted by atomic mass is 10.1. The minimum absolute atomic E-state index is 0.0327. The van der Waals surface area contributed by atoms with Gasteiger partial charge in [-0.2, -0.15) is 0 Å². The molecular weight excluding hydrogens is 270 g/mol. The van der Waals surface area contributed by atoms with Gasteiger partial charge in [0.1, 0.15) is 11.1 Å². The van der Waals surface area contributed by atoms with Crippen molar-refractivity contribution in [1.29, 1.82) is 0 Å². The summed E-state index contributed by atoms with van der Waals surface area (Å²) < 4.78 is 5.42. The maximum atomic E-state index is 11.5. The first kappa shape index (κ1) is 13.1. The van der Waals surface area contributed by atoms with Crippen LogP contribution >= 0.6 is 0 Å². The predicted molar refractivity (Wildman–Crippen MR) is 81.5 cm³/mol. The van der Waals surface area contributed by atoms with E-state index in [1.807, 2.05) is 6.92 Å². The summed E-state index contributed by atoms with van der Waals surface area (Å²) >= 11 is 0. The molecular formula is C15H13N3O3. The lowest BCUT2D eigenvalue weighted by molar-refractivity contribution is -0.381. The van der Waals surface area contributed by atoms with Gasteiger partial charge in [-0.15, -0.1) is 0 Å². The Morgan fingerprint density at radius 2 is 2.00 bits per heavy atom. The van der Waals surface area contributed by atoms with Crippen LogP contribution in [0.15, 0.2) is 36.4 Å². The molecule has 21 heavy (non-hydrogen) atoms. The lowest BCUT2D eigenvalue weighted by Gasteiger charge is -2.10. The van der Waals surface area contributed by atoms with Crippen LogP contribution in [0.4, 0.5) is 11.4 Å². The number of pyridine rings is 1. The van der Waals surface area contributed by atoms with Crippen molar-refractivity contribution in [1.82, 2.24) is 4.98 Å². The first-order valence-electron chi connectivity index (χ1n) is 6.51. The number of aromatic nitrogens is 1. The summed E-state index contributed by atoms with van der Waals surface area (Å²) in [5, 5.41) is 12.3. The van der Waals surface area contributed by atoms with Crippen LogP contribution in [-0.4, -0.2) is 16.5 Å². The third-order valence-corrected chi connectivity index (χ3v) is 3.30.